The molecule has 0 bridgehead atoms. The van der Waals surface area contributed by atoms with E-state index in [9.17, 15) is 13.2 Å². The van der Waals surface area contributed by atoms with Crippen molar-refractivity contribution in [1.29, 1.82) is 0 Å². The summed E-state index contributed by atoms with van der Waals surface area (Å²) in [5.41, 5.74) is 0.983. The zero-order valence-electron chi connectivity index (χ0n) is 12.7. The second-order valence-electron chi connectivity index (χ2n) is 5.26. The zero-order chi connectivity index (χ0) is 17.0. The molecule has 0 saturated heterocycles. The Morgan fingerprint density at radius 1 is 1.00 bits per heavy atom. The fourth-order valence-electron chi connectivity index (χ4n) is 1.78. The summed E-state index contributed by atoms with van der Waals surface area (Å²) in [7, 11) is -3.76. The normalized spacial score (nSPS) is 11.3. The average molecular weight is 353 g/mol. The summed E-state index contributed by atoms with van der Waals surface area (Å²) in [5.74, 6) is -0.234. The number of hydrogen-bond acceptors (Lipinski definition) is 3. The highest BCUT2D eigenvalue weighted by Crippen LogP contribution is 2.24. The fourth-order valence-corrected chi connectivity index (χ4v) is 3.36. The number of carbonyl (C=O) groups excluding carboxylic acids is 1. The van der Waals surface area contributed by atoms with Crippen LogP contribution in [-0.4, -0.2) is 14.3 Å². The van der Waals surface area contributed by atoms with Gasteiger partial charge in [-0.15, -0.1) is 0 Å². The molecule has 122 valence electrons. The molecule has 0 aromatic heterocycles. The van der Waals surface area contributed by atoms with Gasteiger partial charge >= 0.3 is 0 Å². The molecule has 2 aromatic carbocycles. The molecule has 0 aliphatic heterocycles. The maximum atomic E-state index is 12.3. The summed E-state index contributed by atoms with van der Waals surface area (Å²) >= 11 is 5.92. The molecule has 7 heteroatoms. The minimum absolute atomic E-state index is 0.0128. The number of halogens is 1. The molecular formula is C16H17ClN2O3S. The maximum Gasteiger partial charge on any atom is 0.263 e. The van der Waals surface area contributed by atoms with Crippen LogP contribution in [0.5, 0.6) is 0 Å². The SMILES string of the molecule is CC(C)C(=O)Nc1ccc(NS(=O)(=O)c2ccccc2Cl)cc1. The molecule has 23 heavy (non-hydrogen) atoms. The van der Waals surface area contributed by atoms with Crippen LogP contribution in [0, 0.1) is 5.92 Å². The molecule has 2 N–H and O–H groups in total. The zero-order valence-corrected chi connectivity index (χ0v) is 14.3. The van der Waals surface area contributed by atoms with Gasteiger partial charge in [0.25, 0.3) is 10.0 Å². The number of anilines is 2. The summed E-state index contributed by atoms with van der Waals surface area (Å²) < 4.78 is 27.1. The van der Waals surface area contributed by atoms with Gasteiger partial charge in [-0.1, -0.05) is 37.6 Å². The Morgan fingerprint density at radius 3 is 2.13 bits per heavy atom. The molecule has 0 spiro atoms. The van der Waals surface area contributed by atoms with Gasteiger partial charge in [0.05, 0.1) is 5.02 Å². The predicted molar refractivity (Wildman–Crippen MR) is 92.2 cm³/mol. The van der Waals surface area contributed by atoms with Gasteiger partial charge < -0.3 is 5.32 Å². The van der Waals surface area contributed by atoms with E-state index in [-0.39, 0.29) is 21.7 Å². The van der Waals surface area contributed by atoms with Crippen molar-refractivity contribution < 1.29 is 13.2 Å². The van der Waals surface area contributed by atoms with Crippen molar-refractivity contribution in [3.8, 4) is 0 Å². The second kappa shape index (κ2) is 7.02. The molecule has 2 rings (SSSR count). The Balaban J connectivity index is 2.15. The lowest BCUT2D eigenvalue weighted by molar-refractivity contribution is -0.118. The van der Waals surface area contributed by atoms with Crippen LogP contribution < -0.4 is 10.0 Å². The lowest BCUT2D eigenvalue weighted by Gasteiger charge is -2.11. The lowest BCUT2D eigenvalue weighted by Crippen LogP contribution is -2.17. The third-order valence-corrected chi connectivity index (χ3v) is 4.94. The Kier molecular flexibility index (Phi) is 5.28. The summed E-state index contributed by atoms with van der Waals surface area (Å²) in [6.07, 6.45) is 0. The van der Waals surface area contributed by atoms with E-state index in [2.05, 4.69) is 10.0 Å². The number of amides is 1. The Morgan fingerprint density at radius 2 is 1.57 bits per heavy atom. The standard InChI is InChI=1S/C16H17ClN2O3S/c1-11(2)16(20)18-12-7-9-13(10-8-12)19-23(21,22)15-6-4-3-5-14(15)17/h3-11,19H,1-2H3,(H,18,20). The summed E-state index contributed by atoms with van der Waals surface area (Å²) in [4.78, 5) is 11.6. The number of benzene rings is 2. The van der Waals surface area contributed by atoms with Gasteiger partial charge in [-0.05, 0) is 36.4 Å². The predicted octanol–water partition coefficient (Wildman–Crippen LogP) is 3.74. The quantitative estimate of drug-likeness (QED) is 0.860. The van der Waals surface area contributed by atoms with Crippen molar-refractivity contribution in [3.63, 3.8) is 0 Å². The molecule has 0 heterocycles. The summed E-state index contributed by atoms with van der Waals surface area (Å²) in [6, 6.07) is 12.6. The van der Waals surface area contributed by atoms with E-state index in [0.29, 0.717) is 11.4 Å². The van der Waals surface area contributed by atoms with Crippen LogP contribution in [0.3, 0.4) is 0 Å². The second-order valence-corrected chi connectivity index (χ2v) is 7.32. The number of rotatable bonds is 5. The molecule has 5 nitrogen and oxygen atoms in total. The molecule has 0 aliphatic carbocycles. The molecule has 0 aliphatic rings. The first-order valence-corrected chi connectivity index (χ1v) is 8.84. The first-order valence-electron chi connectivity index (χ1n) is 6.98. The van der Waals surface area contributed by atoms with E-state index in [0.717, 1.165) is 0 Å². The van der Waals surface area contributed by atoms with Crippen LogP contribution in [0.25, 0.3) is 0 Å². The van der Waals surface area contributed by atoms with Crippen LogP contribution in [0.1, 0.15) is 13.8 Å². The van der Waals surface area contributed by atoms with Crippen molar-refractivity contribution in [2.75, 3.05) is 10.0 Å². The van der Waals surface area contributed by atoms with Gasteiger partial charge in [0, 0.05) is 17.3 Å². The fraction of sp³-hybridized carbons (Fsp3) is 0.188. The number of carbonyl (C=O) groups is 1. The Hall–Kier alpha value is -2.05. The van der Waals surface area contributed by atoms with Gasteiger partial charge in [0.1, 0.15) is 4.90 Å². The van der Waals surface area contributed by atoms with E-state index in [1.165, 1.54) is 12.1 Å². The van der Waals surface area contributed by atoms with Crippen molar-refractivity contribution in [2.24, 2.45) is 5.92 Å². The van der Waals surface area contributed by atoms with E-state index < -0.39 is 10.0 Å². The smallest absolute Gasteiger partial charge is 0.263 e. The van der Waals surface area contributed by atoms with Gasteiger partial charge in [0.15, 0.2) is 0 Å². The van der Waals surface area contributed by atoms with Gasteiger partial charge in [-0.25, -0.2) is 8.42 Å². The average Bonchev–Trinajstić information content (AvgIpc) is 2.49. The van der Waals surface area contributed by atoms with E-state index in [1.54, 1.807) is 50.2 Å². The van der Waals surface area contributed by atoms with Gasteiger partial charge in [-0.3, -0.25) is 9.52 Å². The molecule has 2 aromatic rings. The van der Waals surface area contributed by atoms with Crippen LogP contribution >= 0.6 is 11.6 Å². The topological polar surface area (TPSA) is 75.3 Å². The highest BCUT2D eigenvalue weighted by Gasteiger charge is 2.17. The highest BCUT2D eigenvalue weighted by molar-refractivity contribution is 7.92. The number of nitrogens with one attached hydrogen (secondary N) is 2. The van der Waals surface area contributed by atoms with Crippen molar-refractivity contribution in [3.05, 3.63) is 53.6 Å². The van der Waals surface area contributed by atoms with Crippen LogP contribution in [0.15, 0.2) is 53.4 Å². The molecule has 1 amide bonds. The summed E-state index contributed by atoms with van der Waals surface area (Å²) in [6.45, 7) is 3.59. The number of sulfonamides is 1. The molecule has 0 unspecified atom stereocenters. The Bertz CT molecular complexity index is 802. The minimum atomic E-state index is -3.76. The summed E-state index contributed by atoms with van der Waals surface area (Å²) in [5, 5.41) is 2.89. The first-order chi connectivity index (χ1) is 10.8. The van der Waals surface area contributed by atoms with Crippen molar-refractivity contribution in [2.45, 2.75) is 18.7 Å². The number of hydrogen-bond donors (Lipinski definition) is 2. The first kappa shape index (κ1) is 17.3. The van der Waals surface area contributed by atoms with Gasteiger partial charge in [0.2, 0.25) is 5.91 Å². The molecule has 0 radical (unpaired) electrons. The van der Waals surface area contributed by atoms with Crippen LogP contribution in [0.4, 0.5) is 11.4 Å². The molecule has 0 saturated carbocycles. The minimum Gasteiger partial charge on any atom is -0.326 e. The van der Waals surface area contributed by atoms with Crippen molar-refractivity contribution in [1.82, 2.24) is 0 Å². The molecular weight excluding hydrogens is 336 g/mol. The third-order valence-electron chi connectivity index (χ3n) is 3.06. The van der Waals surface area contributed by atoms with Crippen LogP contribution in [0.2, 0.25) is 5.02 Å². The van der Waals surface area contributed by atoms with E-state index >= 15 is 0 Å². The highest BCUT2D eigenvalue weighted by atomic mass is 35.5. The molecule has 0 atom stereocenters. The lowest BCUT2D eigenvalue weighted by atomic mass is 10.2. The maximum absolute atomic E-state index is 12.3. The van der Waals surface area contributed by atoms with Crippen molar-refractivity contribution >= 4 is 38.9 Å². The van der Waals surface area contributed by atoms with Crippen LogP contribution in [-0.2, 0) is 14.8 Å². The van der Waals surface area contributed by atoms with E-state index in [1.807, 2.05) is 0 Å². The monoisotopic (exact) mass is 352 g/mol. The molecule has 0 fully saturated rings. The Labute approximate surface area is 140 Å². The van der Waals surface area contributed by atoms with E-state index in [4.69, 9.17) is 11.6 Å². The third kappa shape index (κ3) is 4.46. The largest absolute Gasteiger partial charge is 0.326 e. The van der Waals surface area contributed by atoms with Gasteiger partial charge in [-0.2, -0.15) is 0 Å².